The van der Waals surface area contributed by atoms with E-state index in [1.165, 1.54) is 4.31 Å². The Kier molecular flexibility index (Phi) is 5.37. The molecular formula is C12H22N2O3S. The molecule has 0 aromatic carbocycles. The normalized spacial score (nSPS) is 12.3. The van der Waals surface area contributed by atoms with E-state index < -0.39 is 10.0 Å². The molecule has 1 N–H and O–H groups in total. The topological polar surface area (TPSA) is 62.6 Å². The standard InChI is InChI=1S/C12H22N2O3S/c1-5-6-7-14(4)18(15,16)12-8-11(9-13-3)17-10(12)2/h8,13H,5-7,9H2,1-4H3. The van der Waals surface area contributed by atoms with Crippen molar-refractivity contribution in [1.82, 2.24) is 9.62 Å². The van der Waals surface area contributed by atoms with Crippen LogP contribution in [-0.2, 0) is 16.6 Å². The lowest BCUT2D eigenvalue weighted by molar-refractivity contribution is 0.449. The van der Waals surface area contributed by atoms with Crippen LogP contribution in [0.1, 0.15) is 31.3 Å². The minimum Gasteiger partial charge on any atom is -0.464 e. The van der Waals surface area contributed by atoms with Gasteiger partial charge in [-0.15, -0.1) is 0 Å². The van der Waals surface area contributed by atoms with Crippen LogP contribution in [0.2, 0.25) is 0 Å². The third-order valence-corrected chi connectivity index (χ3v) is 4.75. The summed E-state index contributed by atoms with van der Waals surface area (Å²) in [5.41, 5.74) is 0. The Morgan fingerprint density at radius 2 is 2.11 bits per heavy atom. The van der Waals surface area contributed by atoms with Crippen molar-refractivity contribution in [3.8, 4) is 0 Å². The summed E-state index contributed by atoms with van der Waals surface area (Å²) in [7, 11) is -0.0302. The van der Waals surface area contributed by atoms with Gasteiger partial charge in [0.1, 0.15) is 16.4 Å². The van der Waals surface area contributed by atoms with Crippen LogP contribution in [0.25, 0.3) is 0 Å². The maximum absolute atomic E-state index is 12.3. The first-order valence-corrected chi connectivity index (χ1v) is 7.57. The van der Waals surface area contributed by atoms with E-state index in [-0.39, 0.29) is 4.90 Å². The second kappa shape index (κ2) is 6.36. The lowest BCUT2D eigenvalue weighted by Crippen LogP contribution is -2.28. The van der Waals surface area contributed by atoms with E-state index in [0.717, 1.165) is 12.8 Å². The number of unbranched alkanes of at least 4 members (excludes halogenated alkanes) is 1. The van der Waals surface area contributed by atoms with Gasteiger partial charge >= 0.3 is 0 Å². The molecule has 0 spiro atoms. The molecule has 0 fully saturated rings. The molecule has 0 radical (unpaired) electrons. The van der Waals surface area contributed by atoms with E-state index in [2.05, 4.69) is 5.32 Å². The van der Waals surface area contributed by atoms with E-state index in [1.54, 1.807) is 27.1 Å². The van der Waals surface area contributed by atoms with Gasteiger partial charge in [0.15, 0.2) is 0 Å². The van der Waals surface area contributed by atoms with E-state index in [0.29, 0.717) is 24.6 Å². The van der Waals surface area contributed by atoms with Crippen LogP contribution in [0.4, 0.5) is 0 Å². The predicted molar refractivity (Wildman–Crippen MR) is 70.9 cm³/mol. The monoisotopic (exact) mass is 274 g/mol. The molecule has 0 unspecified atom stereocenters. The van der Waals surface area contributed by atoms with E-state index in [4.69, 9.17) is 4.42 Å². The first kappa shape index (κ1) is 15.2. The molecule has 5 nitrogen and oxygen atoms in total. The molecule has 0 atom stereocenters. The van der Waals surface area contributed by atoms with Gasteiger partial charge in [0.2, 0.25) is 10.0 Å². The van der Waals surface area contributed by atoms with Gasteiger partial charge in [-0.25, -0.2) is 12.7 Å². The molecule has 0 aliphatic carbocycles. The molecule has 1 aromatic heterocycles. The fraction of sp³-hybridized carbons (Fsp3) is 0.667. The van der Waals surface area contributed by atoms with Gasteiger partial charge in [-0.3, -0.25) is 0 Å². The quantitative estimate of drug-likeness (QED) is 0.822. The molecule has 0 aliphatic rings. The van der Waals surface area contributed by atoms with Crippen molar-refractivity contribution in [2.75, 3.05) is 20.6 Å². The zero-order valence-corrected chi connectivity index (χ0v) is 12.3. The number of sulfonamides is 1. The highest BCUT2D eigenvalue weighted by molar-refractivity contribution is 7.89. The maximum Gasteiger partial charge on any atom is 0.246 e. The van der Waals surface area contributed by atoms with Gasteiger partial charge in [0.25, 0.3) is 0 Å². The van der Waals surface area contributed by atoms with Crippen LogP contribution in [0.15, 0.2) is 15.4 Å². The second-order valence-electron chi connectivity index (χ2n) is 4.34. The molecule has 1 heterocycles. The van der Waals surface area contributed by atoms with Crippen molar-refractivity contribution in [2.24, 2.45) is 0 Å². The van der Waals surface area contributed by atoms with Crippen molar-refractivity contribution < 1.29 is 12.8 Å². The Morgan fingerprint density at radius 1 is 1.44 bits per heavy atom. The summed E-state index contributed by atoms with van der Waals surface area (Å²) in [5.74, 6) is 1.08. The van der Waals surface area contributed by atoms with Crippen molar-refractivity contribution in [2.45, 2.75) is 38.1 Å². The van der Waals surface area contributed by atoms with Gasteiger partial charge in [0.05, 0.1) is 6.54 Å². The van der Waals surface area contributed by atoms with Crippen LogP contribution in [-0.4, -0.2) is 33.4 Å². The van der Waals surface area contributed by atoms with Crippen LogP contribution in [0.5, 0.6) is 0 Å². The Labute approximate surface area is 109 Å². The number of aryl methyl sites for hydroxylation is 1. The average Bonchev–Trinajstić information content (AvgIpc) is 2.68. The Morgan fingerprint density at radius 3 is 2.67 bits per heavy atom. The number of nitrogens with zero attached hydrogens (tertiary/aromatic N) is 1. The third kappa shape index (κ3) is 3.34. The summed E-state index contributed by atoms with van der Waals surface area (Å²) in [6.45, 7) is 4.77. The van der Waals surface area contributed by atoms with Crippen molar-refractivity contribution >= 4 is 10.0 Å². The van der Waals surface area contributed by atoms with Gasteiger partial charge in [-0.05, 0) is 20.4 Å². The van der Waals surface area contributed by atoms with Crippen molar-refractivity contribution in [1.29, 1.82) is 0 Å². The van der Waals surface area contributed by atoms with Gasteiger partial charge in [-0.2, -0.15) is 0 Å². The zero-order chi connectivity index (χ0) is 13.8. The molecule has 6 heteroatoms. The van der Waals surface area contributed by atoms with Crippen LogP contribution in [0.3, 0.4) is 0 Å². The lowest BCUT2D eigenvalue weighted by Gasteiger charge is -2.15. The largest absolute Gasteiger partial charge is 0.464 e. The summed E-state index contributed by atoms with van der Waals surface area (Å²) in [6.07, 6.45) is 1.82. The maximum atomic E-state index is 12.3. The van der Waals surface area contributed by atoms with E-state index in [9.17, 15) is 8.42 Å². The summed E-state index contributed by atoms with van der Waals surface area (Å²) >= 11 is 0. The molecule has 0 amide bonds. The fourth-order valence-corrected chi connectivity index (χ4v) is 3.10. The first-order valence-electron chi connectivity index (χ1n) is 6.13. The smallest absolute Gasteiger partial charge is 0.246 e. The van der Waals surface area contributed by atoms with Gasteiger partial charge in [0, 0.05) is 19.7 Å². The Bertz CT molecular complexity index is 480. The Balaban J connectivity index is 2.97. The number of furan rings is 1. The van der Waals surface area contributed by atoms with Gasteiger partial charge < -0.3 is 9.73 Å². The summed E-state index contributed by atoms with van der Waals surface area (Å²) in [4.78, 5) is 0.270. The SMILES string of the molecule is CCCCN(C)S(=O)(=O)c1cc(CNC)oc1C. The fourth-order valence-electron chi connectivity index (χ4n) is 1.71. The van der Waals surface area contributed by atoms with E-state index in [1.807, 2.05) is 6.92 Å². The van der Waals surface area contributed by atoms with Gasteiger partial charge in [-0.1, -0.05) is 13.3 Å². The predicted octanol–water partition coefficient (Wildman–Crippen LogP) is 1.73. The minimum atomic E-state index is -3.43. The average molecular weight is 274 g/mol. The molecular weight excluding hydrogens is 252 g/mol. The number of hydrogen-bond acceptors (Lipinski definition) is 4. The minimum absolute atomic E-state index is 0.270. The first-order chi connectivity index (χ1) is 8.43. The third-order valence-electron chi connectivity index (χ3n) is 2.79. The zero-order valence-electron chi connectivity index (χ0n) is 11.5. The van der Waals surface area contributed by atoms with Crippen LogP contribution < -0.4 is 5.32 Å². The lowest BCUT2D eigenvalue weighted by atomic mass is 10.3. The molecule has 1 aromatic rings. The van der Waals surface area contributed by atoms with Crippen molar-refractivity contribution in [3.63, 3.8) is 0 Å². The van der Waals surface area contributed by atoms with E-state index >= 15 is 0 Å². The highest BCUT2D eigenvalue weighted by Crippen LogP contribution is 2.23. The molecule has 0 saturated heterocycles. The van der Waals surface area contributed by atoms with Crippen LogP contribution >= 0.6 is 0 Å². The molecule has 0 saturated carbocycles. The van der Waals surface area contributed by atoms with Crippen LogP contribution in [0, 0.1) is 6.92 Å². The highest BCUT2D eigenvalue weighted by atomic mass is 32.2. The molecule has 1 rings (SSSR count). The summed E-state index contributed by atoms with van der Waals surface area (Å²) in [6, 6.07) is 1.60. The molecule has 0 bridgehead atoms. The second-order valence-corrected chi connectivity index (χ2v) is 6.36. The molecule has 18 heavy (non-hydrogen) atoms. The highest BCUT2D eigenvalue weighted by Gasteiger charge is 2.25. The molecule has 0 aliphatic heterocycles. The number of nitrogens with one attached hydrogen (secondary N) is 1. The Hall–Kier alpha value is -0.850. The summed E-state index contributed by atoms with van der Waals surface area (Å²) in [5, 5.41) is 2.94. The number of hydrogen-bond donors (Lipinski definition) is 1. The summed E-state index contributed by atoms with van der Waals surface area (Å²) < 4.78 is 31.5. The van der Waals surface area contributed by atoms with Crippen molar-refractivity contribution in [3.05, 3.63) is 17.6 Å². The molecule has 104 valence electrons. The number of rotatable bonds is 7.